The molecule has 1 aromatic heterocycles. The van der Waals surface area contributed by atoms with Gasteiger partial charge in [0.05, 0.1) is 10.6 Å². The zero-order valence-electron chi connectivity index (χ0n) is 19.5. The number of amides is 4. The van der Waals surface area contributed by atoms with E-state index in [0.717, 1.165) is 26.9 Å². The Morgan fingerprint density at radius 3 is 2.46 bits per heavy atom. The van der Waals surface area contributed by atoms with Gasteiger partial charge in [-0.15, -0.1) is 0 Å². The van der Waals surface area contributed by atoms with Crippen LogP contribution in [0.3, 0.4) is 0 Å². The van der Waals surface area contributed by atoms with Gasteiger partial charge < -0.3 is 4.57 Å². The van der Waals surface area contributed by atoms with Gasteiger partial charge in [0, 0.05) is 46.4 Å². The number of nitro groups is 1. The first kappa shape index (κ1) is 24.0. The fourth-order valence-electron chi connectivity index (χ4n) is 4.21. The smallest absolute Gasteiger partial charge is 0.335 e. The van der Waals surface area contributed by atoms with E-state index in [1.54, 1.807) is 37.4 Å². The molecule has 2 heterocycles. The number of fused-ring (bicyclic) bond motifs is 1. The number of imide groups is 2. The van der Waals surface area contributed by atoms with E-state index in [-0.39, 0.29) is 16.9 Å². The van der Waals surface area contributed by atoms with Gasteiger partial charge in [0.15, 0.2) is 0 Å². The SMILES string of the molecule is Cc1ccc(N2C(=O)NC(=O)C(=Cc3cn(Cc4ccc([N+](=O)[O-])cc4)c4ccccc34)C2=O)cc1Cl. The molecule has 0 atom stereocenters. The summed E-state index contributed by atoms with van der Waals surface area (Å²) >= 11 is 6.19. The Morgan fingerprint density at radius 2 is 1.76 bits per heavy atom. The Balaban J connectivity index is 1.54. The second-order valence-corrected chi connectivity index (χ2v) is 8.95. The largest absolute Gasteiger partial charge is 0.342 e. The molecule has 1 N–H and O–H groups in total. The second-order valence-electron chi connectivity index (χ2n) is 8.54. The molecule has 9 nitrogen and oxygen atoms in total. The van der Waals surface area contributed by atoms with Gasteiger partial charge in [0.2, 0.25) is 0 Å². The zero-order valence-corrected chi connectivity index (χ0v) is 20.2. The minimum absolute atomic E-state index is 0.00215. The van der Waals surface area contributed by atoms with Crippen molar-refractivity contribution < 1.29 is 19.3 Å². The molecule has 10 heteroatoms. The minimum atomic E-state index is -0.854. The topological polar surface area (TPSA) is 115 Å². The lowest BCUT2D eigenvalue weighted by atomic mass is 10.1. The van der Waals surface area contributed by atoms with E-state index in [4.69, 9.17) is 11.6 Å². The summed E-state index contributed by atoms with van der Waals surface area (Å²) in [6, 6.07) is 17.6. The van der Waals surface area contributed by atoms with Gasteiger partial charge in [-0.25, -0.2) is 9.69 Å². The Hall–Kier alpha value is -4.76. The minimum Gasteiger partial charge on any atom is -0.342 e. The van der Waals surface area contributed by atoms with Crippen molar-refractivity contribution in [2.75, 3.05) is 4.90 Å². The van der Waals surface area contributed by atoms with E-state index in [2.05, 4.69) is 5.32 Å². The maximum absolute atomic E-state index is 13.3. The van der Waals surface area contributed by atoms with E-state index in [9.17, 15) is 24.5 Å². The van der Waals surface area contributed by atoms with Crippen molar-refractivity contribution in [1.29, 1.82) is 0 Å². The van der Waals surface area contributed by atoms with Gasteiger partial charge in [-0.05, 0) is 42.3 Å². The van der Waals surface area contributed by atoms with Crippen LogP contribution in [0.5, 0.6) is 0 Å². The van der Waals surface area contributed by atoms with Crippen molar-refractivity contribution in [3.8, 4) is 0 Å². The Morgan fingerprint density at radius 1 is 1.03 bits per heavy atom. The van der Waals surface area contributed by atoms with E-state index >= 15 is 0 Å². The van der Waals surface area contributed by atoms with Gasteiger partial charge in [0.25, 0.3) is 17.5 Å². The summed E-state index contributed by atoms with van der Waals surface area (Å²) in [5.74, 6) is -1.56. The number of barbiturate groups is 1. The number of hydrogen-bond acceptors (Lipinski definition) is 5. The molecule has 1 aliphatic rings. The van der Waals surface area contributed by atoms with Crippen molar-refractivity contribution in [1.82, 2.24) is 9.88 Å². The van der Waals surface area contributed by atoms with E-state index in [1.165, 1.54) is 24.3 Å². The van der Waals surface area contributed by atoms with Crippen LogP contribution in [0.1, 0.15) is 16.7 Å². The van der Waals surface area contributed by atoms with Crippen molar-refractivity contribution in [3.05, 3.63) is 110 Å². The van der Waals surface area contributed by atoms with E-state index in [1.807, 2.05) is 28.8 Å². The van der Waals surface area contributed by atoms with E-state index in [0.29, 0.717) is 17.1 Å². The molecular formula is C27H19ClN4O5. The molecule has 0 unspecified atom stereocenters. The maximum atomic E-state index is 13.3. The third-order valence-corrected chi connectivity index (χ3v) is 6.54. The third kappa shape index (κ3) is 4.48. The average molecular weight is 515 g/mol. The van der Waals surface area contributed by atoms with Crippen molar-refractivity contribution in [3.63, 3.8) is 0 Å². The predicted molar refractivity (Wildman–Crippen MR) is 139 cm³/mol. The first-order valence-corrected chi connectivity index (χ1v) is 11.6. The molecule has 1 saturated heterocycles. The molecule has 184 valence electrons. The van der Waals surface area contributed by atoms with Crippen LogP contribution in [0.25, 0.3) is 17.0 Å². The zero-order chi connectivity index (χ0) is 26.3. The number of aryl methyl sites for hydroxylation is 1. The molecule has 0 saturated carbocycles. The summed E-state index contributed by atoms with van der Waals surface area (Å²) < 4.78 is 1.93. The number of non-ortho nitro benzene ring substituents is 1. The molecule has 3 aromatic carbocycles. The van der Waals surface area contributed by atoms with Crippen LogP contribution in [0.2, 0.25) is 5.02 Å². The monoisotopic (exact) mass is 514 g/mol. The third-order valence-electron chi connectivity index (χ3n) is 6.13. The van der Waals surface area contributed by atoms with Crippen LogP contribution >= 0.6 is 11.6 Å². The van der Waals surface area contributed by atoms with Gasteiger partial charge in [-0.2, -0.15) is 0 Å². The quantitative estimate of drug-likeness (QED) is 0.169. The number of nitro benzene ring substituents is 1. The summed E-state index contributed by atoms with van der Waals surface area (Å²) in [6.07, 6.45) is 3.25. The maximum Gasteiger partial charge on any atom is 0.335 e. The van der Waals surface area contributed by atoms with Crippen LogP contribution < -0.4 is 10.2 Å². The fourth-order valence-corrected chi connectivity index (χ4v) is 4.38. The standard InChI is InChI=1S/C27H19ClN4O5/c1-16-6-9-20(13-23(16)28)31-26(34)22(25(33)29-27(31)35)12-18-15-30(24-5-3-2-4-21(18)24)14-17-7-10-19(11-8-17)32(36)37/h2-13,15H,14H2,1H3,(H,29,33,35). The number of rotatable bonds is 5. The van der Waals surface area contributed by atoms with Gasteiger partial charge in [-0.1, -0.05) is 48.0 Å². The first-order chi connectivity index (χ1) is 17.7. The molecule has 37 heavy (non-hydrogen) atoms. The number of nitrogens with one attached hydrogen (secondary N) is 1. The Bertz CT molecular complexity index is 1640. The lowest BCUT2D eigenvalue weighted by molar-refractivity contribution is -0.384. The molecule has 1 aliphatic heterocycles. The van der Waals surface area contributed by atoms with Crippen molar-refractivity contribution in [2.24, 2.45) is 0 Å². The lowest BCUT2D eigenvalue weighted by Crippen LogP contribution is -2.54. The molecule has 0 aliphatic carbocycles. The Kier molecular flexibility index (Phi) is 6.06. The second kappa shape index (κ2) is 9.36. The number of carbonyl (C=O) groups is 3. The van der Waals surface area contributed by atoms with Crippen LogP contribution in [0.15, 0.2) is 78.5 Å². The molecule has 0 spiro atoms. The number of aromatic nitrogens is 1. The highest BCUT2D eigenvalue weighted by atomic mass is 35.5. The normalized spacial score (nSPS) is 14.9. The van der Waals surface area contributed by atoms with E-state index < -0.39 is 22.8 Å². The molecule has 0 bridgehead atoms. The number of halogens is 1. The highest BCUT2D eigenvalue weighted by Gasteiger charge is 2.37. The van der Waals surface area contributed by atoms with Crippen molar-refractivity contribution in [2.45, 2.75) is 13.5 Å². The predicted octanol–water partition coefficient (Wildman–Crippen LogP) is 5.23. The molecule has 4 aromatic rings. The van der Waals surface area contributed by atoms with Crippen molar-refractivity contribution >= 4 is 57.8 Å². The first-order valence-electron chi connectivity index (χ1n) is 11.2. The number of benzene rings is 3. The highest BCUT2D eigenvalue weighted by Crippen LogP contribution is 2.29. The van der Waals surface area contributed by atoms with Crippen LogP contribution in [-0.4, -0.2) is 27.3 Å². The number of urea groups is 1. The molecule has 4 amide bonds. The van der Waals surface area contributed by atoms with Crippen LogP contribution in [0.4, 0.5) is 16.2 Å². The molecular weight excluding hydrogens is 496 g/mol. The van der Waals surface area contributed by atoms with Crippen LogP contribution in [-0.2, 0) is 16.1 Å². The number of carbonyl (C=O) groups excluding carboxylic acids is 3. The number of nitrogens with zero attached hydrogens (tertiary/aromatic N) is 3. The molecule has 1 fully saturated rings. The van der Waals surface area contributed by atoms with Gasteiger partial charge >= 0.3 is 6.03 Å². The summed E-state index contributed by atoms with van der Waals surface area (Å²) in [7, 11) is 0. The summed E-state index contributed by atoms with van der Waals surface area (Å²) in [6.45, 7) is 2.21. The van der Waals surface area contributed by atoms with Gasteiger partial charge in [-0.3, -0.25) is 25.0 Å². The summed E-state index contributed by atoms with van der Waals surface area (Å²) in [5, 5.41) is 14.4. The lowest BCUT2D eigenvalue weighted by Gasteiger charge is -2.26. The number of hydrogen-bond donors (Lipinski definition) is 1. The summed E-state index contributed by atoms with van der Waals surface area (Å²) in [5.41, 5.74) is 3.11. The van der Waals surface area contributed by atoms with Crippen LogP contribution in [0, 0.1) is 17.0 Å². The average Bonchev–Trinajstić information content (AvgIpc) is 3.21. The Labute approximate surface area is 215 Å². The van der Waals surface area contributed by atoms with Gasteiger partial charge in [0.1, 0.15) is 5.57 Å². The molecule has 0 radical (unpaired) electrons. The summed E-state index contributed by atoms with van der Waals surface area (Å²) in [4.78, 5) is 50.0. The number of anilines is 1. The number of para-hydroxylation sites is 1. The fraction of sp³-hybridized carbons (Fsp3) is 0.0741. The highest BCUT2D eigenvalue weighted by molar-refractivity contribution is 6.39. The molecule has 5 rings (SSSR count).